The molecule has 2 aliphatic rings. The van der Waals surface area contributed by atoms with Gasteiger partial charge in [-0.05, 0) is 67.9 Å². The molecule has 172 valence electrons. The lowest BCUT2D eigenvalue weighted by Gasteiger charge is -2.35. The fourth-order valence-corrected chi connectivity index (χ4v) is 5.99. The molecule has 0 unspecified atom stereocenters. The van der Waals surface area contributed by atoms with Crippen LogP contribution in [0.1, 0.15) is 19.8 Å². The van der Waals surface area contributed by atoms with Crippen LogP contribution in [0.25, 0.3) is 0 Å². The summed E-state index contributed by atoms with van der Waals surface area (Å²) in [6.07, 6.45) is 1.05. The molecule has 7 nitrogen and oxygen atoms in total. The molecule has 2 heterocycles. The van der Waals surface area contributed by atoms with Gasteiger partial charge in [0, 0.05) is 44.1 Å². The van der Waals surface area contributed by atoms with Crippen molar-refractivity contribution in [2.75, 3.05) is 49.5 Å². The number of halogens is 1. The van der Waals surface area contributed by atoms with Crippen molar-refractivity contribution in [2.45, 2.75) is 30.7 Å². The van der Waals surface area contributed by atoms with Crippen LogP contribution in [0.5, 0.6) is 0 Å². The third kappa shape index (κ3) is 4.79. The molecule has 0 saturated carbocycles. The van der Waals surface area contributed by atoms with Crippen LogP contribution in [-0.4, -0.2) is 68.8 Å². The minimum absolute atomic E-state index is 0.00822. The Labute approximate surface area is 188 Å². The second-order valence-electron chi connectivity index (χ2n) is 8.19. The van der Waals surface area contributed by atoms with Crippen LogP contribution in [-0.2, 0) is 14.8 Å². The summed E-state index contributed by atoms with van der Waals surface area (Å²) >= 11 is 0. The molecular formula is C23H29FN4O3S. The summed E-state index contributed by atoms with van der Waals surface area (Å²) in [5.74, 6) is -0.854. The first-order chi connectivity index (χ1) is 15.4. The normalized spacial score (nSPS) is 20.4. The maximum Gasteiger partial charge on any atom is 0.243 e. The standard InChI is InChI=1S/C23H29FN4O3S/c1-2-26-14-16-27(17-15-26)20-9-7-19(8-10-20)25-23(29)22-4-3-13-28(22)32(30,31)21-11-5-18(24)6-12-21/h5-12,22H,2-4,13-17H2,1H3,(H,25,29)/t22-/m0/s1. The Morgan fingerprint density at radius 1 is 1.00 bits per heavy atom. The van der Waals surface area contributed by atoms with Gasteiger partial charge in [0.2, 0.25) is 15.9 Å². The Bertz CT molecular complexity index is 1040. The summed E-state index contributed by atoms with van der Waals surface area (Å²) in [5, 5.41) is 2.86. The summed E-state index contributed by atoms with van der Waals surface area (Å²) in [5.41, 5.74) is 1.75. The number of benzene rings is 2. The van der Waals surface area contributed by atoms with Crippen LogP contribution < -0.4 is 10.2 Å². The molecule has 4 rings (SSSR count). The van der Waals surface area contributed by atoms with E-state index in [1.54, 1.807) is 0 Å². The van der Waals surface area contributed by atoms with E-state index < -0.39 is 21.9 Å². The minimum atomic E-state index is -3.87. The number of anilines is 2. The van der Waals surface area contributed by atoms with Crippen LogP contribution in [0, 0.1) is 5.82 Å². The first-order valence-corrected chi connectivity index (χ1v) is 12.5. The van der Waals surface area contributed by atoms with Gasteiger partial charge in [0.1, 0.15) is 11.9 Å². The van der Waals surface area contributed by atoms with Gasteiger partial charge < -0.3 is 15.1 Å². The fourth-order valence-electron chi connectivity index (χ4n) is 4.34. The summed E-state index contributed by atoms with van der Waals surface area (Å²) in [4.78, 5) is 17.7. The van der Waals surface area contributed by atoms with E-state index in [-0.39, 0.29) is 17.3 Å². The quantitative estimate of drug-likeness (QED) is 0.718. The molecule has 32 heavy (non-hydrogen) atoms. The zero-order valence-corrected chi connectivity index (χ0v) is 19.0. The van der Waals surface area contributed by atoms with Crippen LogP contribution in [0.3, 0.4) is 0 Å². The highest BCUT2D eigenvalue weighted by molar-refractivity contribution is 7.89. The topological polar surface area (TPSA) is 73.0 Å². The number of sulfonamides is 1. The molecule has 0 aliphatic carbocycles. The highest BCUT2D eigenvalue weighted by Crippen LogP contribution is 2.27. The molecule has 0 bridgehead atoms. The van der Waals surface area contributed by atoms with Crippen molar-refractivity contribution in [1.29, 1.82) is 0 Å². The summed E-state index contributed by atoms with van der Waals surface area (Å²) in [6.45, 7) is 7.51. The molecule has 2 aromatic carbocycles. The van der Waals surface area contributed by atoms with E-state index in [0.717, 1.165) is 50.5 Å². The lowest BCUT2D eigenvalue weighted by molar-refractivity contribution is -0.119. The van der Waals surface area contributed by atoms with E-state index in [9.17, 15) is 17.6 Å². The molecule has 1 atom stereocenters. The van der Waals surface area contributed by atoms with E-state index in [1.807, 2.05) is 24.3 Å². The largest absolute Gasteiger partial charge is 0.369 e. The molecule has 0 radical (unpaired) electrons. The molecule has 2 fully saturated rings. The molecule has 2 aliphatic heterocycles. The number of carbonyl (C=O) groups is 1. The van der Waals surface area contributed by atoms with Crippen LogP contribution in [0.2, 0.25) is 0 Å². The molecule has 2 saturated heterocycles. The number of amides is 1. The van der Waals surface area contributed by atoms with Gasteiger partial charge in [-0.25, -0.2) is 12.8 Å². The van der Waals surface area contributed by atoms with Crippen LogP contribution in [0.4, 0.5) is 15.8 Å². The zero-order valence-electron chi connectivity index (χ0n) is 18.2. The van der Waals surface area contributed by atoms with Gasteiger partial charge in [0.05, 0.1) is 4.90 Å². The smallest absolute Gasteiger partial charge is 0.243 e. The summed E-state index contributed by atoms with van der Waals surface area (Å²) in [7, 11) is -3.87. The highest BCUT2D eigenvalue weighted by atomic mass is 32.2. The maximum absolute atomic E-state index is 13.2. The van der Waals surface area contributed by atoms with Crippen molar-refractivity contribution in [3.05, 3.63) is 54.3 Å². The van der Waals surface area contributed by atoms with Gasteiger partial charge in [-0.15, -0.1) is 0 Å². The number of nitrogens with one attached hydrogen (secondary N) is 1. The van der Waals surface area contributed by atoms with Gasteiger partial charge in [-0.3, -0.25) is 4.79 Å². The van der Waals surface area contributed by atoms with Crippen molar-refractivity contribution < 1.29 is 17.6 Å². The van der Waals surface area contributed by atoms with Gasteiger partial charge >= 0.3 is 0 Å². The number of hydrogen-bond donors (Lipinski definition) is 1. The lowest BCUT2D eigenvalue weighted by Crippen LogP contribution is -2.46. The average Bonchev–Trinajstić information content (AvgIpc) is 3.31. The Morgan fingerprint density at radius 2 is 1.66 bits per heavy atom. The van der Waals surface area contributed by atoms with Gasteiger partial charge in [0.15, 0.2) is 0 Å². The van der Waals surface area contributed by atoms with Crippen molar-refractivity contribution in [1.82, 2.24) is 9.21 Å². The van der Waals surface area contributed by atoms with Crippen molar-refractivity contribution >= 4 is 27.3 Å². The first kappa shape index (κ1) is 22.7. The minimum Gasteiger partial charge on any atom is -0.369 e. The molecule has 2 aromatic rings. The number of nitrogens with zero attached hydrogens (tertiary/aromatic N) is 3. The number of likely N-dealkylation sites (N-methyl/N-ethyl adjacent to an activating group) is 1. The predicted octanol–water partition coefficient (Wildman–Crippen LogP) is 2.76. The van der Waals surface area contributed by atoms with Crippen molar-refractivity contribution in [2.24, 2.45) is 0 Å². The average molecular weight is 461 g/mol. The molecule has 1 N–H and O–H groups in total. The number of piperazine rings is 1. The molecule has 9 heteroatoms. The second kappa shape index (κ2) is 9.56. The lowest BCUT2D eigenvalue weighted by atomic mass is 10.2. The Hall–Kier alpha value is -2.49. The fraction of sp³-hybridized carbons (Fsp3) is 0.435. The summed E-state index contributed by atoms with van der Waals surface area (Å²) in [6, 6.07) is 11.6. The number of carbonyl (C=O) groups excluding carboxylic acids is 1. The number of rotatable bonds is 6. The Kier molecular flexibility index (Phi) is 6.78. The molecule has 0 aromatic heterocycles. The molecule has 1 amide bonds. The molecular weight excluding hydrogens is 431 g/mol. The van der Waals surface area contributed by atoms with Crippen LogP contribution >= 0.6 is 0 Å². The maximum atomic E-state index is 13.2. The Morgan fingerprint density at radius 3 is 2.28 bits per heavy atom. The highest BCUT2D eigenvalue weighted by Gasteiger charge is 2.39. The SMILES string of the molecule is CCN1CCN(c2ccc(NC(=O)[C@@H]3CCCN3S(=O)(=O)c3ccc(F)cc3)cc2)CC1. The zero-order chi connectivity index (χ0) is 22.7. The van der Waals surface area contributed by atoms with E-state index in [2.05, 4.69) is 22.0 Å². The van der Waals surface area contributed by atoms with Crippen molar-refractivity contribution in [3.8, 4) is 0 Å². The van der Waals surface area contributed by atoms with E-state index in [1.165, 1.54) is 16.4 Å². The van der Waals surface area contributed by atoms with Gasteiger partial charge in [-0.1, -0.05) is 6.92 Å². The van der Waals surface area contributed by atoms with Crippen molar-refractivity contribution in [3.63, 3.8) is 0 Å². The van der Waals surface area contributed by atoms with E-state index >= 15 is 0 Å². The van der Waals surface area contributed by atoms with Gasteiger partial charge in [-0.2, -0.15) is 4.31 Å². The second-order valence-corrected chi connectivity index (χ2v) is 10.1. The Balaban J connectivity index is 1.41. The predicted molar refractivity (Wildman–Crippen MR) is 123 cm³/mol. The third-order valence-corrected chi connectivity index (χ3v) is 8.17. The molecule has 0 spiro atoms. The van der Waals surface area contributed by atoms with E-state index in [0.29, 0.717) is 18.5 Å². The summed E-state index contributed by atoms with van der Waals surface area (Å²) < 4.78 is 40.4. The van der Waals surface area contributed by atoms with E-state index in [4.69, 9.17) is 0 Å². The van der Waals surface area contributed by atoms with Crippen LogP contribution in [0.15, 0.2) is 53.4 Å². The first-order valence-electron chi connectivity index (χ1n) is 11.0. The van der Waals surface area contributed by atoms with Gasteiger partial charge in [0.25, 0.3) is 0 Å². The third-order valence-electron chi connectivity index (χ3n) is 6.25. The number of hydrogen-bond acceptors (Lipinski definition) is 5. The monoisotopic (exact) mass is 460 g/mol.